The molecule has 0 aliphatic heterocycles. The lowest BCUT2D eigenvalue weighted by atomic mass is 10.6. The molecular weight excluding hydrogens is 277 g/mol. The van der Waals surface area contributed by atoms with Gasteiger partial charge in [0.05, 0.1) is 0 Å². The Bertz CT molecular complexity index is 324. The quantitative estimate of drug-likeness (QED) is 0.451. The Balaban J connectivity index is 3.32. The van der Waals surface area contributed by atoms with E-state index < -0.39 is 0 Å². The summed E-state index contributed by atoms with van der Waals surface area (Å²) in [5, 5.41) is 0.549. The number of nitrogen functional groups attached to an aromatic ring is 1. The number of anilines is 1. The van der Waals surface area contributed by atoms with Crippen LogP contribution < -0.4 is 11.3 Å². The van der Waals surface area contributed by atoms with Crippen LogP contribution in [-0.2, 0) is 0 Å². The van der Waals surface area contributed by atoms with E-state index >= 15 is 0 Å². The van der Waals surface area contributed by atoms with E-state index in [-0.39, 0.29) is 5.56 Å². The van der Waals surface area contributed by atoms with Crippen molar-refractivity contribution in [1.82, 2.24) is 9.97 Å². The zero-order valence-electron chi connectivity index (χ0n) is 5.72. The summed E-state index contributed by atoms with van der Waals surface area (Å²) < 4.78 is 0.445. The van der Waals surface area contributed by atoms with E-state index in [1.54, 1.807) is 0 Å². The van der Waals surface area contributed by atoms with Gasteiger partial charge in [0.1, 0.15) is 9.39 Å². The third-order valence-electron chi connectivity index (χ3n) is 1.06. The van der Waals surface area contributed by atoms with Gasteiger partial charge in [-0.25, -0.2) is 4.98 Å². The number of hydrogen-bond acceptors (Lipinski definition) is 4. The van der Waals surface area contributed by atoms with Gasteiger partial charge in [-0.15, -0.1) is 0 Å². The monoisotopic (exact) mass is 283 g/mol. The second-order valence-corrected chi connectivity index (χ2v) is 3.65. The van der Waals surface area contributed by atoms with Crippen LogP contribution in [0.5, 0.6) is 0 Å². The predicted octanol–water partition coefficient (Wildman–Crippen LogP) is 0.679. The Labute approximate surface area is 81.1 Å². The molecule has 3 N–H and O–H groups in total. The summed E-state index contributed by atoms with van der Waals surface area (Å²) in [6.07, 6.45) is 1.82. The fourth-order valence-electron chi connectivity index (χ4n) is 0.551. The SMILES string of the molecule is CSc1nc(N)c(I)c(=O)[nH]1. The van der Waals surface area contributed by atoms with Crippen molar-refractivity contribution in [2.45, 2.75) is 5.16 Å². The molecule has 0 aliphatic rings. The second kappa shape index (κ2) is 3.44. The molecule has 1 heterocycles. The molecule has 0 aliphatic carbocycles. The molecule has 4 nitrogen and oxygen atoms in total. The van der Waals surface area contributed by atoms with Crippen molar-refractivity contribution in [3.05, 3.63) is 13.9 Å². The number of aromatic amines is 1. The minimum atomic E-state index is -0.178. The van der Waals surface area contributed by atoms with Crippen LogP contribution in [-0.4, -0.2) is 16.2 Å². The average molecular weight is 283 g/mol. The van der Waals surface area contributed by atoms with Crippen molar-refractivity contribution >= 4 is 40.2 Å². The molecule has 0 bridgehead atoms. The standard InChI is InChI=1S/C5H6IN3OS/c1-11-5-8-3(7)2(6)4(10)9-5/h1H3,(H3,7,8,9,10). The van der Waals surface area contributed by atoms with Crippen LogP contribution in [0.1, 0.15) is 0 Å². The van der Waals surface area contributed by atoms with Gasteiger partial charge < -0.3 is 10.7 Å². The molecule has 0 saturated carbocycles. The zero-order valence-corrected chi connectivity index (χ0v) is 8.69. The van der Waals surface area contributed by atoms with Crippen molar-refractivity contribution in [1.29, 1.82) is 0 Å². The molecule has 1 aromatic rings. The van der Waals surface area contributed by atoms with Crippen LogP contribution in [0.4, 0.5) is 5.82 Å². The number of H-pyrrole nitrogens is 1. The number of hydrogen-bond donors (Lipinski definition) is 2. The molecule has 1 aromatic heterocycles. The summed E-state index contributed by atoms with van der Waals surface area (Å²) in [5.74, 6) is 0.290. The normalized spacial score (nSPS) is 10.0. The van der Waals surface area contributed by atoms with E-state index in [2.05, 4.69) is 9.97 Å². The first-order valence-electron chi connectivity index (χ1n) is 2.74. The predicted molar refractivity (Wildman–Crippen MR) is 53.8 cm³/mol. The molecular formula is C5H6IN3OS. The van der Waals surface area contributed by atoms with E-state index in [1.165, 1.54) is 11.8 Å². The highest BCUT2D eigenvalue weighted by molar-refractivity contribution is 14.1. The minimum Gasteiger partial charge on any atom is -0.383 e. The first-order valence-corrected chi connectivity index (χ1v) is 5.04. The summed E-state index contributed by atoms with van der Waals surface area (Å²) in [6.45, 7) is 0. The first-order chi connectivity index (χ1) is 5.15. The topological polar surface area (TPSA) is 71.8 Å². The number of rotatable bonds is 1. The summed E-state index contributed by atoms with van der Waals surface area (Å²) in [4.78, 5) is 17.5. The van der Waals surface area contributed by atoms with Gasteiger partial charge in [-0.1, -0.05) is 11.8 Å². The number of nitrogens with zero attached hydrogens (tertiary/aromatic N) is 1. The van der Waals surface area contributed by atoms with Gasteiger partial charge in [0, 0.05) is 0 Å². The molecule has 0 atom stereocenters. The second-order valence-electron chi connectivity index (χ2n) is 1.77. The highest BCUT2D eigenvalue weighted by Crippen LogP contribution is 2.10. The lowest BCUT2D eigenvalue weighted by molar-refractivity contribution is 0.937. The molecule has 0 spiro atoms. The highest BCUT2D eigenvalue weighted by atomic mass is 127. The smallest absolute Gasteiger partial charge is 0.267 e. The van der Waals surface area contributed by atoms with Crippen molar-refractivity contribution in [2.24, 2.45) is 0 Å². The van der Waals surface area contributed by atoms with Crippen molar-refractivity contribution < 1.29 is 0 Å². The van der Waals surface area contributed by atoms with E-state index in [4.69, 9.17) is 5.73 Å². The van der Waals surface area contributed by atoms with Crippen LogP contribution in [0.25, 0.3) is 0 Å². The Kier molecular flexibility index (Phi) is 2.77. The maximum atomic E-state index is 11.0. The maximum absolute atomic E-state index is 11.0. The van der Waals surface area contributed by atoms with Gasteiger partial charge in [-0.05, 0) is 28.8 Å². The number of halogens is 1. The van der Waals surface area contributed by atoms with E-state index in [0.29, 0.717) is 14.5 Å². The first kappa shape index (κ1) is 8.85. The average Bonchev–Trinajstić information content (AvgIpc) is 1.99. The molecule has 0 fully saturated rings. The van der Waals surface area contributed by atoms with Gasteiger partial charge in [0.2, 0.25) is 0 Å². The fourth-order valence-corrected chi connectivity index (χ4v) is 1.19. The van der Waals surface area contributed by atoms with Crippen LogP contribution in [0.3, 0.4) is 0 Å². The highest BCUT2D eigenvalue weighted by Gasteiger charge is 2.03. The number of thioether (sulfide) groups is 1. The number of aromatic nitrogens is 2. The fraction of sp³-hybridized carbons (Fsp3) is 0.200. The van der Waals surface area contributed by atoms with Crippen molar-refractivity contribution in [2.75, 3.05) is 12.0 Å². The molecule has 11 heavy (non-hydrogen) atoms. The molecule has 0 aromatic carbocycles. The molecule has 60 valence electrons. The molecule has 0 saturated heterocycles. The van der Waals surface area contributed by atoms with Gasteiger partial charge in [-0.3, -0.25) is 4.79 Å². The van der Waals surface area contributed by atoms with Gasteiger partial charge in [0.25, 0.3) is 5.56 Å². The van der Waals surface area contributed by atoms with Gasteiger partial charge in [-0.2, -0.15) is 0 Å². The maximum Gasteiger partial charge on any atom is 0.267 e. The van der Waals surface area contributed by atoms with Crippen molar-refractivity contribution in [3.63, 3.8) is 0 Å². The van der Waals surface area contributed by atoms with E-state index in [1.807, 2.05) is 28.8 Å². The number of nitrogens with one attached hydrogen (secondary N) is 1. The van der Waals surface area contributed by atoms with Crippen LogP contribution in [0.2, 0.25) is 0 Å². The molecule has 1 rings (SSSR count). The molecule has 0 amide bonds. The minimum absolute atomic E-state index is 0.178. The van der Waals surface area contributed by atoms with E-state index in [9.17, 15) is 4.79 Å². The van der Waals surface area contributed by atoms with Gasteiger partial charge >= 0.3 is 0 Å². The molecule has 6 heteroatoms. The van der Waals surface area contributed by atoms with Crippen LogP contribution >= 0.6 is 34.4 Å². The summed E-state index contributed by atoms with van der Waals surface area (Å²) in [6, 6.07) is 0. The Morgan fingerprint density at radius 3 is 2.82 bits per heavy atom. The third kappa shape index (κ3) is 1.86. The Hall–Kier alpha value is -0.240. The van der Waals surface area contributed by atoms with Crippen LogP contribution in [0.15, 0.2) is 9.95 Å². The Morgan fingerprint density at radius 1 is 1.73 bits per heavy atom. The molecule has 0 unspecified atom stereocenters. The zero-order chi connectivity index (χ0) is 8.43. The summed E-state index contributed by atoms with van der Waals surface area (Å²) in [5.41, 5.74) is 5.27. The van der Waals surface area contributed by atoms with Gasteiger partial charge in [0.15, 0.2) is 5.16 Å². The summed E-state index contributed by atoms with van der Waals surface area (Å²) in [7, 11) is 0. The number of nitrogens with two attached hydrogens (primary N) is 1. The summed E-state index contributed by atoms with van der Waals surface area (Å²) >= 11 is 3.22. The molecule has 0 radical (unpaired) electrons. The third-order valence-corrected chi connectivity index (χ3v) is 2.68. The Morgan fingerprint density at radius 2 is 2.36 bits per heavy atom. The lowest BCUT2D eigenvalue weighted by Crippen LogP contribution is -2.15. The van der Waals surface area contributed by atoms with Crippen molar-refractivity contribution in [3.8, 4) is 0 Å². The lowest BCUT2D eigenvalue weighted by Gasteiger charge is -1.98. The largest absolute Gasteiger partial charge is 0.383 e. The van der Waals surface area contributed by atoms with E-state index in [0.717, 1.165) is 0 Å². The van der Waals surface area contributed by atoms with Crippen LogP contribution in [0, 0.1) is 3.57 Å².